The molecule has 17 heavy (non-hydrogen) atoms. The number of alkyl halides is 1. The van der Waals surface area contributed by atoms with Gasteiger partial charge < -0.3 is 4.57 Å². The van der Waals surface area contributed by atoms with Crippen molar-refractivity contribution in [3.63, 3.8) is 0 Å². The van der Waals surface area contributed by atoms with Crippen LogP contribution in [0.4, 0.5) is 0 Å². The summed E-state index contributed by atoms with van der Waals surface area (Å²) in [4.78, 5) is 0. The van der Waals surface area contributed by atoms with Crippen molar-refractivity contribution >= 4 is 26.0 Å². The van der Waals surface area contributed by atoms with Gasteiger partial charge in [-0.3, -0.25) is 0 Å². The van der Waals surface area contributed by atoms with E-state index >= 15 is 0 Å². The number of piperidine rings is 1. The zero-order valence-corrected chi connectivity index (χ0v) is 12.0. The van der Waals surface area contributed by atoms with Crippen LogP contribution in [-0.4, -0.2) is 45.2 Å². The fraction of sp³-hybridized carbons (Fsp3) is 0.778. The van der Waals surface area contributed by atoms with Crippen LogP contribution in [0, 0.1) is 0 Å². The largest absolute Gasteiger partial charge is 0.320 e. The van der Waals surface area contributed by atoms with Crippen LogP contribution in [0.5, 0.6) is 0 Å². The number of hydrogen-bond donors (Lipinski definition) is 0. The van der Waals surface area contributed by atoms with Crippen molar-refractivity contribution in [2.45, 2.75) is 18.8 Å². The average Bonchev–Trinajstić information content (AvgIpc) is 2.76. The SMILES string of the molecule is Cn1cnnc1C1CCCN(S(=O)(=O)CBr)C1. The molecule has 1 aliphatic rings. The van der Waals surface area contributed by atoms with E-state index in [4.69, 9.17) is 0 Å². The van der Waals surface area contributed by atoms with Gasteiger partial charge >= 0.3 is 0 Å². The van der Waals surface area contributed by atoms with Crippen LogP contribution in [0.3, 0.4) is 0 Å². The summed E-state index contributed by atoms with van der Waals surface area (Å²) in [6, 6.07) is 0. The summed E-state index contributed by atoms with van der Waals surface area (Å²) in [6.07, 6.45) is 3.47. The Bertz CT molecular complexity index is 487. The van der Waals surface area contributed by atoms with E-state index in [0.717, 1.165) is 18.7 Å². The summed E-state index contributed by atoms with van der Waals surface area (Å²) >= 11 is 3.03. The molecule has 0 aromatic carbocycles. The number of hydrogen-bond acceptors (Lipinski definition) is 4. The van der Waals surface area contributed by atoms with Crippen LogP contribution < -0.4 is 0 Å². The molecule has 96 valence electrons. The highest BCUT2D eigenvalue weighted by Crippen LogP contribution is 2.26. The van der Waals surface area contributed by atoms with Crippen LogP contribution in [0.25, 0.3) is 0 Å². The Labute approximate surface area is 109 Å². The lowest BCUT2D eigenvalue weighted by molar-refractivity contribution is 0.307. The Morgan fingerprint density at radius 2 is 2.35 bits per heavy atom. The van der Waals surface area contributed by atoms with Gasteiger partial charge in [-0.15, -0.1) is 10.2 Å². The second kappa shape index (κ2) is 5.03. The Morgan fingerprint density at radius 1 is 1.59 bits per heavy atom. The summed E-state index contributed by atoms with van der Waals surface area (Å²) in [6.45, 7) is 1.10. The summed E-state index contributed by atoms with van der Waals surface area (Å²) in [5.41, 5.74) is 0. The smallest absolute Gasteiger partial charge is 0.224 e. The minimum Gasteiger partial charge on any atom is -0.320 e. The van der Waals surface area contributed by atoms with Gasteiger partial charge in [-0.25, -0.2) is 12.7 Å². The van der Waals surface area contributed by atoms with Gasteiger partial charge in [-0.2, -0.15) is 0 Å². The molecule has 1 saturated heterocycles. The average molecular weight is 323 g/mol. The second-order valence-electron chi connectivity index (χ2n) is 4.22. The first-order chi connectivity index (χ1) is 8.04. The van der Waals surface area contributed by atoms with Crippen molar-refractivity contribution in [2.24, 2.45) is 7.05 Å². The monoisotopic (exact) mass is 322 g/mol. The normalized spacial score (nSPS) is 22.8. The minimum atomic E-state index is -3.17. The molecule has 2 heterocycles. The maximum Gasteiger partial charge on any atom is 0.224 e. The third-order valence-electron chi connectivity index (χ3n) is 3.03. The van der Waals surface area contributed by atoms with Crippen LogP contribution in [-0.2, 0) is 17.1 Å². The Hall–Kier alpha value is -0.470. The molecule has 1 aromatic heterocycles. The zero-order valence-electron chi connectivity index (χ0n) is 9.58. The summed E-state index contributed by atoms with van der Waals surface area (Å²) in [5.74, 6) is 1.00. The highest BCUT2D eigenvalue weighted by Gasteiger charge is 2.30. The quantitative estimate of drug-likeness (QED) is 0.767. The van der Waals surface area contributed by atoms with Gasteiger partial charge in [-0.1, -0.05) is 15.9 Å². The van der Waals surface area contributed by atoms with E-state index in [-0.39, 0.29) is 10.6 Å². The lowest BCUT2D eigenvalue weighted by Gasteiger charge is -2.30. The first kappa shape index (κ1) is 13.0. The van der Waals surface area contributed by atoms with E-state index in [9.17, 15) is 8.42 Å². The standard InChI is InChI=1S/C9H15BrN4O2S/c1-13-7-11-12-9(13)8-3-2-4-14(5-8)17(15,16)6-10/h7-8H,2-6H2,1H3. The molecule has 6 nitrogen and oxygen atoms in total. The van der Waals surface area contributed by atoms with Gasteiger partial charge in [0, 0.05) is 26.1 Å². The van der Waals surface area contributed by atoms with E-state index in [1.165, 1.54) is 4.31 Å². The Kier molecular flexibility index (Phi) is 3.84. The molecule has 0 bridgehead atoms. The number of sulfonamides is 1. The van der Waals surface area contributed by atoms with Gasteiger partial charge in [0.05, 0.1) is 0 Å². The highest BCUT2D eigenvalue weighted by molar-refractivity contribution is 9.10. The van der Waals surface area contributed by atoms with Crippen LogP contribution in [0.15, 0.2) is 6.33 Å². The lowest BCUT2D eigenvalue weighted by atomic mass is 9.99. The van der Waals surface area contributed by atoms with E-state index in [1.54, 1.807) is 6.33 Å². The molecule has 0 spiro atoms. The molecule has 1 atom stereocenters. The topological polar surface area (TPSA) is 68.1 Å². The molecule has 2 rings (SSSR count). The number of rotatable bonds is 3. The first-order valence-corrected chi connectivity index (χ1v) is 8.15. The van der Waals surface area contributed by atoms with Crippen molar-refractivity contribution in [2.75, 3.05) is 17.8 Å². The van der Waals surface area contributed by atoms with Crippen LogP contribution >= 0.6 is 15.9 Å². The molecule has 0 radical (unpaired) electrons. The predicted octanol–water partition coefficient (Wildman–Crippen LogP) is 0.677. The molecular formula is C9H15BrN4O2S. The molecular weight excluding hydrogens is 308 g/mol. The van der Waals surface area contributed by atoms with Gasteiger partial charge in [0.1, 0.15) is 16.8 Å². The first-order valence-electron chi connectivity index (χ1n) is 5.42. The maximum atomic E-state index is 11.8. The summed E-state index contributed by atoms with van der Waals surface area (Å²) in [7, 11) is -1.28. The van der Waals surface area contributed by atoms with E-state index in [1.807, 2.05) is 11.6 Å². The van der Waals surface area contributed by atoms with Crippen molar-refractivity contribution in [1.82, 2.24) is 19.1 Å². The Balaban J connectivity index is 2.16. The molecule has 1 aliphatic heterocycles. The van der Waals surface area contributed by atoms with Crippen LogP contribution in [0.1, 0.15) is 24.6 Å². The van der Waals surface area contributed by atoms with Gasteiger partial charge in [0.15, 0.2) is 0 Å². The number of aryl methyl sites for hydroxylation is 1. The molecule has 1 unspecified atom stereocenters. The predicted molar refractivity (Wildman–Crippen MR) is 67.3 cm³/mol. The zero-order chi connectivity index (χ0) is 12.5. The summed E-state index contributed by atoms with van der Waals surface area (Å²) < 4.78 is 26.9. The molecule has 0 amide bonds. The molecule has 1 fully saturated rings. The van der Waals surface area contributed by atoms with Gasteiger partial charge in [0.2, 0.25) is 10.0 Å². The summed E-state index contributed by atoms with van der Waals surface area (Å²) in [5, 5.41) is 7.90. The highest BCUT2D eigenvalue weighted by atomic mass is 79.9. The van der Waals surface area contributed by atoms with Crippen LogP contribution in [0.2, 0.25) is 0 Å². The minimum absolute atomic E-state index is 0.0223. The van der Waals surface area contributed by atoms with Crippen molar-refractivity contribution in [1.29, 1.82) is 0 Å². The number of nitrogens with zero attached hydrogens (tertiary/aromatic N) is 4. The third-order valence-corrected chi connectivity index (χ3v) is 6.16. The molecule has 0 N–H and O–H groups in total. The Morgan fingerprint density at radius 3 is 2.94 bits per heavy atom. The fourth-order valence-corrected chi connectivity index (χ4v) is 3.96. The lowest BCUT2D eigenvalue weighted by Crippen LogP contribution is -2.40. The van der Waals surface area contributed by atoms with Crippen molar-refractivity contribution in [3.05, 3.63) is 12.2 Å². The number of halogens is 1. The van der Waals surface area contributed by atoms with Crippen molar-refractivity contribution in [3.8, 4) is 0 Å². The fourth-order valence-electron chi connectivity index (χ4n) is 2.14. The molecule has 0 saturated carbocycles. The van der Waals surface area contributed by atoms with Gasteiger partial charge in [0.25, 0.3) is 0 Å². The molecule has 8 heteroatoms. The van der Waals surface area contributed by atoms with Crippen molar-refractivity contribution < 1.29 is 8.42 Å². The van der Waals surface area contributed by atoms with Gasteiger partial charge in [-0.05, 0) is 12.8 Å². The van der Waals surface area contributed by atoms with E-state index in [2.05, 4.69) is 26.1 Å². The molecule has 1 aromatic rings. The van der Waals surface area contributed by atoms with E-state index in [0.29, 0.717) is 13.1 Å². The third kappa shape index (κ3) is 2.69. The van der Waals surface area contributed by atoms with E-state index < -0.39 is 10.0 Å². The maximum absolute atomic E-state index is 11.8. The second-order valence-corrected chi connectivity index (χ2v) is 7.49. The molecule has 0 aliphatic carbocycles. The number of aromatic nitrogens is 3.